The Morgan fingerprint density at radius 1 is 1.27 bits per heavy atom. The number of fused-ring (bicyclic) bond motifs is 2. The molecular formula is C17H14ClF4N3O. The maximum absolute atomic E-state index is 14.3. The first-order valence-electron chi connectivity index (χ1n) is 8.06. The van der Waals surface area contributed by atoms with Gasteiger partial charge in [-0.15, -0.1) is 0 Å². The Bertz CT molecular complexity index is 866. The number of alkyl halides is 3. The van der Waals surface area contributed by atoms with Gasteiger partial charge in [0.1, 0.15) is 10.8 Å². The maximum atomic E-state index is 14.3. The molecule has 4 rings (SSSR count). The summed E-state index contributed by atoms with van der Waals surface area (Å²) < 4.78 is 58.0. The van der Waals surface area contributed by atoms with Crippen molar-refractivity contribution in [3.8, 4) is 11.4 Å². The molecule has 0 saturated carbocycles. The number of rotatable bonds is 1. The number of ether oxygens (including phenoxy) is 1. The molecule has 3 heterocycles. The zero-order chi connectivity index (χ0) is 18.5. The molecule has 26 heavy (non-hydrogen) atoms. The summed E-state index contributed by atoms with van der Waals surface area (Å²) >= 11 is 6.31. The predicted molar refractivity (Wildman–Crippen MR) is 86.0 cm³/mol. The molecule has 0 unspecified atom stereocenters. The molecule has 1 aliphatic carbocycles. The lowest BCUT2D eigenvalue weighted by Crippen LogP contribution is -2.42. The topological polar surface area (TPSA) is 47.0 Å². The summed E-state index contributed by atoms with van der Waals surface area (Å²) in [7, 11) is 0. The fourth-order valence-corrected chi connectivity index (χ4v) is 3.90. The van der Waals surface area contributed by atoms with Crippen LogP contribution in [0.1, 0.15) is 29.5 Å². The standard InChI is InChI=1S/C17H14ClF4N3O/c18-15-10-2-1-3-16(7-26-8-24-16)11(10)5-13(25-15)14-12(19)4-9(6-23-14)17(20,21)22/h4-6,24H,1-3,7-8H2/t16-/m1/s1. The van der Waals surface area contributed by atoms with Gasteiger partial charge in [-0.1, -0.05) is 11.6 Å². The van der Waals surface area contributed by atoms with Gasteiger partial charge >= 0.3 is 6.18 Å². The number of halogens is 5. The van der Waals surface area contributed by atoms with Gasteiger partial charge in [-0.2, -0.15) is 13.2 Å². The van der Waals surface area contributed by atoms with Crippen LogP contribution in [0.25, 0.3) is 11.4 Å². The molecule has 2 aromatic heterocycles. The van der Waals surface area contributed by atoms with Crippen LogP contribution < -0.4 is 5.32 Å². The van der Waals surface area contributed by atoms with E-state index in [4.69, 9.17) is 16.3 Å². The van der Waals surface area contributed by atoms with Crippen molar-refractivity contribution in [1.82, 2.24) is 15.3 Å². The minimum Gasteiger partial charge on any atom is -0.364 e. The first-order chi connectivity index (χ1) is 12.3. The lowest BCUT2D eigenvalue weighted by atomic mass is 9.77. The van der Waals surface area contributed by atoms with E-state index in [1.807, 2.05) is 0 Å². The Morgan fingerprint density at radius 3 is 2.73 bits per heavy atom. The van der Waals surface area contributed by atoms with Crippen molar-refractivity contribution >= 4 is 11.6 Å². The largest absolute Gasteiger partial charge is 0.417 e. The first kappa shape index (κ1) is 17.6. The Balaban J connectivity index is 1.83. The van der Waals surface area contributed by atoms with E-state index in [9.17, 15) is 17.6 Å². The van der Waals surface area contributed by atoms with Gasteiger partial charge in [-0.3, -0.25) is 10.3 Å². The van der Waals surface area contributed by atoms with Crippen molar-refractivity contribution < 1.29 is 22.3 Å². The molecule has 2 aliphatic rings. The van der Waals surface area contributed by atoms with Crippen LogP contribution in [0.3, 0.4) is 0 Å². The highest BCUT2D eigenvalue weighted by molar-refractivity contribution is 6.30. The van der Waals surface area contributed by atoms with E-state index in [2.05, 4.69) is 15.3 Å². The van der Waals surface area contributed by atoms with Crippen molar-refractivity contribution in [1.29, 1.82) is 0 Å². The molecule has 1 spiro atoms. The van der Waals surface area contributed by atoms with Crippen molar-refractivity contribution in [2.24, 2.45) is 0 Å². The summed E-state index contributed by atoms with van der Waals surface area (Å²) in [4.78, 5) is 7.83. The van der Waals surface area contributed by atoms with Crippen LogP contribution in [0, 0.1) is 5.82 Å². The van der Waals surface area contributed by atoms with Gasteiger partial charge in [-0.25, -0.2) is 9.37 Å². The average molecular weight is 388 g/mol. The summed E-state index contributed by atoms with van der Waals surface area (Å²) in [6, 6.07) is 2.07. The fraction of sp³-hybridized carbons (Fsp3) is 0.412. The van der Waals surface area contributed by atoms with Gasteiger partial charge in [-0.05, 0) is 42.5 Å². The zero-order valence-electron chi connectivity index (χ0n) is 13.5. The molecule has 1 atom stereocenters. The van der Waals surface area contributed by atoms with Crippen LogP contribution in [0.15, 0.2) is 18.3 Å². The second-order valence-corrected chi connectivity index (χ2v) is 6.84. The quantitative estimate of drug-likeness (QED) is 0.592. The first-order valence-corrected chi connectivity index (χ1v) is 8.44. The predicted octanol–water partition coefficient (Wildman–Crippen LogP) is 4.06. The molecular weight excluding hydrogens is 374 g/mol. The average Bonchev–Trinajstić information content (AvgIpc) is 3.04. The van der Waals surface area contributed by atoms with Crippen molar-refractivity contribution in [2.45, 2.75) is 31.0 Å². The third-order valence-electron chi connectivity index (χ3n) is 4.89. The second kappa shape index (κ2) is 6.14. The molecule has 2 aromatic rings. The molecule has 9 heteroatoms. The Kier molecular flexibility index (Phi) is 4.17. The number of nitrogens with zero attached hydrogens (tertiary/aromatic N) is 2. The highest BCUT2D eigenvalue weighted by atomic mass is 35.5. The Morgan fingerprint density at radius 2 is 2.08 bits per heavy atom. The summed E-state index contributed by atoms with van der Waals surface area (Å²) in [5.41, 5.74) is -0.0381. The van der Waals surface area contributed by atoms with Gasteiger partial charge in [0.25, 0.3) is 0 Å². The summed E-state index contributed by atoms with van der Waals surface area (Å²) in [6.07, 6.45) is -1.61. The summed E-state index contributed by atoms with van der Waals surface area (Å²) in [5.74, 6) is -1.09. The molecule has 0 radical (unpaired) electrons. The number of hydrogen-bond acceptors (Lipinski definition) is 4. The monoisotopic (exact) mass is 387 g/mol. The van der Waals surface area contributed by atoms with Crippen LogP contribution in [0.2, 0.25) is 5.15 Å². The number of hydrogen-bond donors (Lipinski definition) is 1. The molecule has 0 bridgehead atoms. The SMILES string of the molecule is Fc1cc(C(F)(F)F)cnc1-c1cc2c(c(Cl)n1)CCC[C@@]21COCN1. The number of nitrogens with one attached hydrogen (secondary N) is 1. The zero-order valence-corrected chi connectivity index (χ0v) is 14.2. The van der Waals surface area contributed by atoms with Crippen LogP contribution in [-0.4, -0.2) is 23.3 Å². The molecule has 1 N–H and O–H groups in total. The van der Waals surface area contributed by atoms with Gasteiger partial charge < -0.3 is 4.74 Å². The molecule has 0 amide bonds. The molecule has 1 aliphatic heterocycles. The van der Waals surface area contributed by atoms with E-state index in [0.717, 1.165) is 30.4 Å². The van der Waals surface area contributed by atoms with E-state index >= 15 is 0 Å². The molecule has 0 aromatic carbocycles. The summed E-state index contributed by atoms with van der Waals surface area (Å²) in [5, 5.41) is 3.52. The van der Waals surface area contributed by atoms with Gasteiger partial charge in [0, 0.05) is 6.20 Å². The molecule has 1 fully saturated rings. The minimum absolute atomic E-state index is 0.106. The van der Waals surface area contributed by atoms with Gasteiger partial charge in [0.15, 0.2) is 5.82 Å². The van der Waals surface area contributed by atoms with Crippen LogP contribution >= 0.6 is 11.6 Å². The molecule has 4 nitrogen and oxygen atoms in total. The van der Waals surface area contributed by atoms with E-state index in [1.54, 1.807) is 6.07 Å². The van der Waals surface area contributed by atoms with Crippen LogP contribution in [-0.2, 0) is 22.9 Å². The van der Waals surface area contributed by atoms with Crippen molar-refractivity contribution in [3.63, 3.8) is 0 Å². The van der Waals surface area contributed by atoms with E-state index in [1.165, 1.54) is 0 Å². The van der Waals surface area contributed by atoms with Gasteiger partial charge in [0.05, 0.1) is 30.1 Å². The van der Waals surface area contributed by atoms with Crippen LogP contribution in [0.5, 0.6) is 0 Å². The van der Waals surface area contributed by atoms with E-state index in [0.29, 0.717) is 25.6 Å². The van der Waals surface area contributed by atoms with E-state index < -0.39 is 23.1 Å². The second-order valence-electron chi connectivity index (χ2n) is 6.48. The third-order valence-corrected chi connectivity index (χ3v) is 5.20. The lowest BCUT2D eigenvalue weighted by molar-refractivity contribution is -0.138. The maximum Gasteiger partial charge on any atom is 0.417 e. The summed E-state index contributed by atoms with van der Waals surface area (Å²) in [6.45, 7) is 0.838. The third kappa shape index (κ3) is 2.86. The highest BCUT2D eigenvalue weighted by Gasteiger charge is 2.41. The van der Waals surface area contributed by atoms with E-state index in [-0.39, 0.29) is 16.5 Å². The Labute approximate surface area is 151 Å². The number of aromatic nitrogens is 2. The normalized spacial score (nSPS) is 22.7. The fourth-order valence-electron chi connectivity index (χ4n) is 3.61. The number of pyridine rings is 2. The molecule has 138 valence electrons. The Hall–Kier alpha value is -1.77. The highest BCUT2D eigenvalue weighted by Crippen LogP contribution is 2.41. The van der Waals surface area contributed by atoms with Crippen molar-refractivity contribution in [3.05, 3.63) is 46.0 Å². The van der Waals surface area contributed by atoms with Gasteiger partial charge in [0.2, 0.25) is 0 Å². The minimum atomic E-state index is -4.66. The smallest absolute Gasteiger partial charge is 0.364 e. The van der Waals surface area contributed by atoms with Crippen molar-refractivity contribution in [2.75, 3.05) is 13.3 Å². The lowest BCUT2D eigenvalue weighted by Gasteiger charge is -2.35. The molecule has 1 saturated heterocycles. The van der Waals surface area contributed by atoms with Crippen LogP contribution in [0.4, 0.5) is 17.6 Å².